The van der Waals surface area contributed by atoms with E-state index in [0.717, 1.165) is 31.2 Å². The summed E-state index contributed by atoms with van der Waals surface area (Å²) >= 11 is 0. The molecule has 1 aromatic rings. The molecule has 1 saturated carbocycles. The van der Waals surface area contributed by atoms with Gasteiger partial charge >= 0.3 is 0 Å². The van der Waals surface area contributed by atoms with Gasteiger partial charge in [0.2, 0.25) is 5.91 Å². The van der Waals surface area contributed by atoms with Crippen LogP contribution in [0.1, 0.15) is 31.2 Å². The number of rotatable bonds is 5. The minimum atomic E-state index is -0.222. The fourth-order valence-electron chi connectivity index (χ4n) is 2.87. The summed E-state index contributed by atoms with van der Waals surface area (Å²) in [4.78, 5) is 11.5. The van der Waals surface area contributed by atoms with Gasteiger partial charge in [-0.3, -0.25) is 4.79 Å². The molecule has 0 unspecified atom stereocenters. The molecule has 104 valence electrons. The van der Waals surface area contributed by atoms with Crippen LogP contribution in [0.4, 0.5) is 4.39 Å². The summed E-state index contributed by atoms with van der Waals surface area (Å²) in [5, 5.41) is 2.92. The minimum absolute atomic E-state index is 0.0445. The van der Waals surface area contributed by atoms with Crippen molar-refractivity contribution in [2.75, 3.05) is 20.3 Å². The summed E-state index contributed by atoms with van der Waals surface area (Å²) in [6, 6.07) is 6.66. The summed E-state index contributed by atoms with van der Waals surface area (Å²) in [6.07, 6.45) is 4.37. The maximum absolute atomic E-state index is 13.0. The van der Waals surface area contributed by atoms with Gasteiger partial charge in [-0.25, -0.2) is 4.39 Å². The fourth-order valence-corrected chi connectivity index (χ4v) is 2.87. The van der Waals surface area contributed by atoms with E-state index in [4.69, 9.17) is 4.74 Å². The molecule has 1 aliphatic carbocycles. The van der Waals surface area contributed by atoms with Gasteiger partial charge in [0.15, 0.2) is 0 Å². The largest absolute Gasteiger partial charge is 0.375 e. The predicted molar refractivity (Wildman–Crippen MR) is 71.4 cm³/mol. The van der Waals surface area contributed by atoms with Gasteiger partial charge in [-0.15, -0.1) is 0 Å². The first kappa shape index (κ1) is 14.0. The number of hydrogen-bond donors (Lipinski definition) is 1. The molecule has 0 aromatic heterocycles. The average molecular weight is 265 g/mol. The summed E-state index contributed by atoms with van der Waals surface area (Å²) in [5.74, 6) is -0.323. The number of carbonyl (C=O) groups is 1. The van der Waals surface area contributed by atoms with Crippen molar-refractivity contribution in [2.24, 2.45) is 0 Å². The number of amides is 1. The average Bonchev–Trinajstić information content (AvgIpc) is 2.88. The summed E-state index contributed by atoms with van der Waals surface area (Å²) in [5.41, 5.74) is 1.07. The molecule has 0 aliphatic heterocycles. The summed E-state index contributed by atoms with van der Waals surface area (Å²) in [6.45, 7) is 0.681. The maximum Gasteiger partial charge on any atom is 0.246 e. The first-order valence-electron chi connectivity index (χ1n) is 6.68. The molecule has 0 radical (unpaired) electrons. The van der Waals surface area contributed by atoms with Crippen LogP contribution >= 0.6 is 0 Å². The normalized spacial score (nSPS) is 17.4. The Hall–Kier alpha value is -1.42. The molecule has 0 spiro atoms. The van der Waals surface area contributed by atoms with Crippen LogP contribution < -0.4 is 5.32 Å². The quantitative estimate of drug-likeness (QED) is 0.887. The minimum Gasteiger partial charge on any atom is -0.375 e. The van der Waals surface area contributed by atoms with Gasteiger partial charge in [0.1, 0.15) is 12.4 Å². The van der Waals surface area contributed by atoms with Crippen LogP contribution in [0.25, 0.3) is 0 Å². The highest BCUT2D eigenvalue weighted by Crippen LogP contribution is 2.40. The molecule has 0 atom stereocenters. The lowest BCUT2D eigenvalue weighted by Crippen LogP contribution is -2.40. The van der Waals surface area contributed by atoms with Crippen molar-refractivity contribution in [1.82, 2.24) is 5.32 Å². The van der Waals surface area contributed by atoms with Crippen LogP contribution in [-0.4, -0.2) is 26.2 Å². The molecule has 0 bridgehead atoms. The van der Waals surface area contributed by atoms with Crippen LogP contribution in [0.3, 0.4) is 0 Å². The third kappa shape index (κ3) is 3.32. The van der Waals surface area contributed by atoms with E-state index in [-0.39, 0.29) is 23.7 Å². The molecule has 1 fully saturated rings. The zero-order valence-corrected chi connectivity index (χ0v) is 11.2. The lowest BCUT2D eigenvalue weighted by atomic mass is 9.79. The predicted octanol–water partition coefficient (Wildman–Crippen LogP) is 2.40. The number of nitrogens with one attached hydrogen (secondary N) is 1. The van der Waals surface area contributed by atoms with Gasteiger partial charge in [0.25, 0.3) is 0 Å². The molecule has 0 saturated heterocycles. The highest BCUT2D eigenvalue weighted by molar-refractivity contribution is 5.77. The first-order chi connectivity index (χ1) is 9.16. The molecule has 1 aromatic carbocycles. The van der Waals surface area contributed by atoms with E-state index in [1.807, 2.05) is 12.1 Å². The maximum atomic E-state index is 13.0. The first-order valence-corrected chi connectivity index (χ1v) is 6.68. The molecule has 0 heterocycles. The third-order valence-electron chi connectivity index (χ3n) is 3.92. The van der Waals surface area contributed by atoms with Crippen molar-refractivity contribution in [1.29, 1.82) is 0 Å². The summed E-state index contributed by atoms with van der Waals surface area (Å²) in [7, 11) is 1.50. The molecule has 3 nitrogen and oxygen atoms in total. The zero-order chi connectivity index (χ0) is 13.7. The Labute approximate surface area is 113 Å². The Kier molecular flexibility index (Phi) is 4.53. The van der Waals surface area contributed by atoms with E-state index in [2.05, 4.69) is 5.32 Å². The second kappa shape index (κ2) is 6.15. The topological polar surface area (TPSA) is 38.3 Å². The Morgan fingerprint density at radius 1 is 1.32 bits per heavy atom. The number of halogens is 1. The van der Waals surface area contributed by atoms with Crippen LogP contribution in [0.2, 0.25) is 0 Å². The Bertz CT molecular complexity index is 424. The number of methoxy groups -OCH3 is 1. The van der Waals surface area contributed by atoms with E-state index in [9.17, 15) is 9.18 Å². The van der Waals surface area contributed by atoms with Crippen LogP contribution in [-0.2, 0) is 14.9 Å². The molecular formula is C15H20FNO2. The molecule has 1 amide bonds. The van der Waals surface area contributed by atoms with Crippen molar-refractivity contribution in [3.63, 3.8) is 0 Å². The second-order valence-electron chi connectivity index (χ2n) is 5.20. The van der Waals surface area contributed by atoms with Gasteiger partial charge in [-0.1, -0.05) is 25.0 Å². The van der Waals surface area contributed by atoms with Gasteiger partial charge in [0.05, 0.1) is 0 Å². The van der Waals surface area contributed by atoms with E-state index >= 15 is 0 Å². The van der Waals surface area contributed by atoms with E-state index in [1.54, 1.807) is 0 Å². The molecule has 1 aliphatic rings. The Balaban J connectivity index is 2.09. The third-order valence-corrected chi connectivity index (χ3v) is 3.92. The van der Waals surface area contributed by atoms with Gasteiger partial charge in [-0.05, 0) is 30.5 Å². The molecule has 2 rings (SSSR count). The standard InChI is InChI=1S/C15H20FNO2/c1-19-10-14(18)17-11-15(8-2-3-9-15)12-4-6-13(16)7-5-12/h4-7H,2-3,8-11H2,1H3,(H,17,18). The highest BCUT2D eigenvalue weighted by Gasteiger charge is 2.35. The van der Waals surface area contributed by atoms with E-state index in [0.29, 0.717) is 6.54 Å². The molecule has 4 heteroatoms. The van der Waals surface area contributed by atoms with Gasteiger partial charge in [0, 0.05) is 19.1 Å². The second-order valence-corrected chi connectivity index (χ2v) is 5.20. The fraction of sp³-hybridized carbons (Fsp3) is 0.533. The van der Waals surface area contributed by atoms with Crippen molar-refractivity contribution < 1.29 is 13.9 Å². The Morgan fingerprint density at radius 2 is 1.95 bits per heavy atom. The smallest absolute Gasteiger partial charge is 0.246 e. The van der Waals surface area contributed by atoms with E-state index in [1.165, 1.54) is 19.2 Å². The lowest BCUT2D eigenvalue weighted by Gasteiger charge is -2.30. The van der Waals surface area contributed by atoms with E-state index < -0.39 is 0 Å². The van der Waals surface area contributed by atoms with Crippen LogP contribution in [0.15, 0.2) is 24.3 Å². The monoisotopic (exact) mass is 265 g/mol. The van der Waals surface area contributed by atoms with Crippen molar-refractivity contribution in [3.05, 3.63) is 35.6 Å². The van der Waals surface area contributed by atoms with Crippen LogP contribution in [0.5, 0.6) is 0 Å². The number of benzene rings is 1. The summed E-state index contributed by atoms with van der Waals surface area (Å²) < 4.78 is 17.8. The number of ether oxygens (including phenoxy) is 1. The van der Waals surface area contributed by atoms with Crippen molar-refractivity contribution >= 4 is 5.91 Å². The lowest BCUT2D eigenvalue weighted by molar-refractivity contribution is -0.125. The van der Waals surface area contributed by atoms with Crippen molar-refractivity contribution in [2.45, 2.75) is 31.1 Å². The highest BCUT2D eigenvalue weighted by atomic mass is 19.1. The molecular weight excluding hydrogens is 245 g/mol. The van der Waals surface area contributed by atoms with Gasteiger partial charge in [-0.2, -0.15) is 0 Å². The van der Waals surface area contributed by atoms with Crippen molar-refractivity contribution in [3.8, 4) is 0 Å². The van der Waals surface area contributed by atoms with Gasteiger partial charge < -0.3 is 10.1 Å². The SMILES string of the molecule is COCC(=O)NCC1(c2ccc(F)cc2)CCCC1. The van der Waals surface area contributed by atoms with Crippen LogP contribution in [0, 0.1) is 5.82 Å². The Morgan fingerprint density at radius 3 is 2.53 bits per heavy atom. The number of carbonyl (C=O) groups excluding carboxylic acids is 1. The zero-order valence-electron chi connectivity index (χ0n) is 11.2. The molecule has 1 N–H and O–H groups in total. The number of hydrogen-bond acceptors (Lipinski definition) is 2. The molecule has 19 heavy (non-hydrogen) atoms.